The molecule has 1 saturated carbocycles. The fourth-order valence-corrected chi connectivity index (χ4v) is 4.86. The fraction of sp³-hybridized carbons (Fsp3) is 0.520. The molecule has 7 heteroatoms. The van der Waals surface area contributed by atoms with Gasteiger partial charge >= 0.3 is 6.11 Å². The summed E-state index contributed by atoms with van der Waals surface area (Å²) in [6.45, 7) is 2.11. The standard InChI is InChI=1S/C25H27F5O2/c1-2-3-15-4-7-18(8-5-15)25(29,30)32-19-9-11-22-16(12-19)6-10-23(31-22)17-13-20(26)24(28)21(27)14-17/h9,11-15,18,23H,2-8,10H2,1H3. The van der Waals surface area contributed by atoms with Gasteiger partial charge in [0.2, 0.25) is 0 Å². The molecule has 1 heterocycles. The van der Waals surface area contributed by atoms with Gasteiger partial charge in [-0.15, -0.1) is 0 Å². The van der Waals surface area contributed by atoms with Gasteiger partial charge in [0.25, 0.3) is 0 Å². The minimum Gasteiger partial charge on any atom is -0.485 e. The zero-order valence-electron chi connectivity index (χ0n) is 18.0. The molecule has 2 nitrogen and oxygen atoms in total. The molecule has 1 aliphatic carbocycles. The predicted molar refractivity (Wildman–Crippen MR) is 110 cm³/mol. The first kappa shape index (κ1) is 22.9. The smallest absolute Gasteiger partial charge is 0.400 e. The van der Waals surface area contributed by atoms with Crippen molar-refractivity contribution in [3.8, 4) is 11.5 Å². The fourth-order valence-electron chi connectivity index (χ4n) is 4.86. The summed E-state index contributed by atoms with van der Waals surface area (Å²) in [7, 11) is 0. The van der Waals surface area contributed by atoms with Gasteiger partial charge in [-0.05, 0) is 85.9 Å². The molecule has 0 saturated heterocycles. The molecule has 32 heavy (non-hydrogen) atoms. The lowest BCUT2D eigenvalue weighted by Crippen LogP contribution is -2.37. The highest BCUT2D eigenvalue weighted by atomic mass is 19.3. The maximum absolute atomic E-state index is 14.8. The van der Waals surface area contributed by atoms with Crippen molar-refractivity contribution in [2.24, 2.45) is 11.8 Å². The van der Waals surface area contributed by atoms with E-state index in [9.17, 15) is 22.0 Å². The van der Waals surface area contributed by atoms with Crippen LogP contribution in [0.3, 0.4) is 0 Å². The van der Waals surface area contributed by atoms with E-state index in [1.807, 2.05) is 0 Å². The highest BCUT2D eigenvalue weighted by molar-refractivity contribution is 5.42. The van der Waals surface area contributed by atoms with Crippen LogP contribution in [-0.4, -0.2) is 6.11 Å². The minimum absolute atomic E-state index is 0.0744. The predicted octanol–water partition coefficient (Wildman–Crippen LogP) is 7.75. The van der Waals surface area contributed by atoms with Crippen molar-refractivity contribution in [3.63, 3.8) is 0 Å². The van der Waals surface area contributed by atoms with Crippen molar-refractivity contribution in [1.29, 1.82) is 0 Å². The van der Waals surface area contributed by atoms with Gasteiger partial charge in [0.15, 0.2) is 17.5 Å². The number of benzene rings is 2. The largest absolute Gasteiger partial charge is 0.485 e. The van der Waals surface area contributed by atoms with Crippen molar-refractivity contribution in [2.75, 3.05) is 0 Å². The summed E-state index contributed by atoms with van der Waals surface area (Å²) in [5, 5.41) is 0. The van der Waals surface area contributed by atoms with Crippen LogP contribution in [0.5, 0.6) is 11.5 Å². The minimum atomic E-state index is -3.24. The van der Waals surface area contributed by atoms with Gasteiger partial charge in [-0.2, -0.15) is 8.78 Å². The first-order valence-corrected chi connectivity index (χ1v) is 11.3. The summed E-state index contributed by atoms with van der Waals surface area (Å²) in [6.07, 6.45) is 1.61. The van der Waals surface area contributed by atoms with Gasteiger partial charge in [0, 0.05) is 0 Å². The molecule has 1 unspecified atom stereocenters. The lowest BCUT2D eigenvalue weighted by Gasteiger charge is -2.33. The molecule has 0 N–H and O–H groups in total. The Balaban J connectivity index is 1.42. The molecule has 0 amide bonds. The maximum Gasteiger partial charge on any atom is 0.400 e. The second-order valence-electron chi connectivity index (χ2n) is 8.88. The number of halogens is 5. The number of alkyl halides is 2. The molecule has 2 aromatic carbocycles. The van der Waals surface area contributed by atoms with E-state index in [1.165, 1.54) is 18.2 Å². The second-order valence-corrected chi connectivity index (χ2v) is 8.88. The van der Waals surface area contributed by atoms with E-state index < -0.39 is 35.6 Å². The summed E-state index contributed by atoms with van der Waals surface area (Å²) in [4.78, 5) is 0. The summed E-state index contributed by atoms with van der Waals surface area (Å²) in [5.74, 6) is -3.83. The molecular formula is C25H27F5O2. The lowest BCUT2D eigenvalue weighted by atomic mass is 9.79. The van der Waals surface area contributed by atoms with Crippen LogP contribution in [0.4, 0.5) is 22.0 Å². The number of rotatable bonds is 6. The third-order valence-corrected chi connectivity index (χ3v) is 6.63. The van der Waals surface area contributed by atoms with Gasteiger partial charge in [0.1, 0.15) is 17.6 Å². The summed E-state index contributed by atoms with van der Waals surface area (Å²) in [5.41, 5.74) is 0.877. The van der Waals surface area contributed by atoms with Crippen LogP contribution in [0.15, 0.2) is 30.3 Å². The van der Waals surface area contributed by atoms with Gasteiger partial charge in [-0.3, -0.25) is 0 Å². The Bertz CT molecular complexity index is 930. The molecule has 0 spiro atoms. The molecule has 0 bridgehead atoms. The van der Waals surface area contributed by atoms with Crippen LogP contribution in [0, 0.1) is 29.3 Å². The van der Waals surface area contributed by atoms with Crippen LogP contribution in [0.1, 0.15) is 69.1 Å². The highest BCUT2D eigenvalue weighted by Gasteiger charge is 2.44. The van der Waals surface area contributed by atoms with Gasteiger partial charge < -0.3 is 9.47 Å². The van der Waals surface area contributed by atoms with Crippen molar-refractivity contribution in [3.05, 3.63) is 58.9 Å². The Hall–Kier alpha value is -2.31. The number of hydrogen-bond donors (Lipinski definition) is 0. The van der Waals surface area contributed by atoms with Crippen molar-refractivity contribution >= 4 is 0 Å². The van der Waals surface area contributed by atoms with E-state index in [2.05, 4.69) is 6.92 Å². The Labute approximate surface area is 184 Å². The van der Waals surface area contributed by atoms with Crippen LogP contribution in [-0.2, 0) is 6.42 Å². The van der Waals surface area contributed by atoms with Crippen LogP contribution in [0.25, 0.3) is 0 Å². The van der Waals surface area contributed by atoms with E-state index in [4.69, 9.17) is 9.47 Å². The average Bonchev–Trinajstić information content (AvgIpc) is 2.77. The van der Waals surface area contributed by atoms with E-state index in [-0.39, 0.29) is 11.3 Å². The van der Waals surface area contributed by atoms with Gasteiger partial charge in [0.05, 0.1) is 5.92 Å². The molecule has 1 atom stereocenters. The molecule has 1 aliphatic heterocycles. The topological polar surface area (TPSA) is 18.5 Å². The monoisotopic (exact) mass is 454 g/mol. The molecule has 174 valence electrons. The third-order valence-electron chi connectivity index (χ3n) is 6.63. The Morgan fingerprint density at radius 3 is 2.31 bits per heavy atom. The van der Waals surface area contributed by atoms with E-state index in [1.54, 1.807) is 0 Å². The Morgan fingerprint density at radius 1 is 0.969 bits per heavy atom. The SMILES string of the molecule is CCCC1CCC(C(F)(F)Oc2ccc3c(c2)CCC(c2cc(F)c(F)c(F)c2)O3)CC1. The molecule has 1 fully saturated rings. The van der Waals surface area contributed by atoms with E-state index in [0.717, 1.165) is 37.8 Å². The molecule has 2 aromatic rings. The molecular weight excluding hydrogens is 427 g/mol. The zero-order chi connectivity index (χ0) is 22.9. The molecule has 4 rings (SSSR count). The zero-order valence-corrected chi connectivity index (χ0v) is 18.0. The van der Waals surface area contributed by atoms with Gasteiger partial charge in [-0.1, -0.05) is 19.8 Å². The van der Waals surface area contributed by atoms with Crippen LogP contribution >= 0.6 is 0 Å². The molecule has 0 radical (unpaired) electrons. The van der Waals surface area contributed by atoms with Crippen LogP contribution in [0.2, 0.25) is 0 Å². The van der Waals surface area contributed by atoms with E-state index >= 15 is 0 Å². The number of aryl methyl sites for hydroxylation is 1. The molecule has 2 aliphatic rings. The Morgan fingerprint density at radius 2 is 1.66 bits per heavy atom. The summed E-state index contributed by atoms with van der Waals surface area (Å²) < 4.78 is 80.8. The Kier molecular flexibility index (Phi) is 6.63. The van der Waals surface area contributed by atoms with Crippen LogP contribution < -0.4 is 9.47 Å². The first-order valence-electron chi connectivity index (χ1n) is 11.3. The van der Waals surface area contributed by atoms with Crippen molar-refractivity contribution < 1.29 is 31.4 Å². The lowest BCUT2D eigenvalue weighted by molar-refractivity contribution is -0.223. The van der Waals surface area contributed by atoms with Crippen molar-refractivity contribution in [2.45, 2.75) is 70.5 Å². The highest BCUT2D eigenvalue weighted by Crippen LogP contribution is 2.43. The summed E-state index contributed by atoms with van der Waals surface area (Å²) in [6, 6.07) is 6.32. The number of hydrogen-bond acceptors (Lipinski definition) is 2. The summed E-state index contributed by atoms with van der Waals surface area (Å²) >= 11 is 0. The molecule has 0 aromatic heterocycles. The number of ether oxygens (including phenoxy) is 2. The quantitative estimate of drug-likeness (QED) is 0.328. The maximum atomic E-state index is 14.8. The average molecular weight is 454 g/mol. The van der Waals surface area contributed by atoms with Crippen molar-refractivity contribution in [1.82, 2.24) is 0 Å². The number of fused-ring (bicyclic) bond motifs is 1. The van der Waals surface area contributed by atoms with E-state index in [0.29, 0.717) is 42.9 Å². The third kappa shape index (κ3) is 4.86. The second kappa shape index (κ2) is 9.28. The van der Waals surface area contributed by atoms with Gasteiger partial charge in [-0.25, -0.2) is 13.2 Å². The normalized spacial score (nSPS) is 23.4. The first-order chi connectivity index (χ1) is 15.3.